The molecule has 20 heavy (non-hydrogen) atoms. The Morgan fingerprint density at radius 3 is 2.00 bits per heavy atom. The van der Waals surface area contributed by atoms with E-state index in [4.69, 9.17) is 22.3 Å². The van der Waals surface area contributed by atoms with Gasteiger partial charge in [0.2, 0.25) is 0 Å². The smallest absolute Gasteiger partial charge is 0.340 e. The number of allylic oxidation sites excluding steroid dienone is 1. The van der Waals surface area contributed by atoms with Crippen molar-refractivity contribution in [3.8, 4) is 0 Å². The van der Waals surface area contributed by atoms with Gasteiger partial charge in [0.05, 0.1) is 11.1 Å². The van der Waals surface area contributed by atoms with Crippen molar-refractivity contribution in [2.24, 2.45) is 17.2 Å². The molecule has 1 unspecified atom stereocenters. The van der Waals surface area contributed by atoms with Crippen LogP contribution in [0.1, 0.15) is 39.5 Å². The lowest BCUT2D eigenvalue weighted by atomic mass is 9.73. The van der Waals surface area contributed by atoms with E-state index in [0.29, 0.717) is 6.42 Å². The van der Waals surface area contributed by atoms with Crippen LogP contribution in [0.2, 0.25) is 0 Å². The van der Waals surface area contributed by atoms with Crippen LogP contribution < -0.4 is 17.2 Å². The average Bonchev–Trinajstić information content (AvgIpc) is 2.36. The predicted molar refractivity (Wildman–Crippen MR) is 72.5 cm³/mol. The highest BCUT2D eigenvalue weighted by molar-refractivity contribution is 6.22. The highest BCUT2D eigenvalue weighted by Crippen LogP contribution is 2.31. The Labute approximate surface area is 117 Å². The number of rotatable bonds is 4. The topological polar surface area (TPSA) is 150 Å². The summed E-state index contributed by atoms with van der Waals surface area (Å²) in [6.07, 6.45) is 1.07. The minimum absolute atomic E-state index is 0.0397. The summed E-state index contributed by atoms with van der Waals surface area (Å²) in [6.45, 7) is 3.07. The van der Waals surface area contributed by atoms with E-state index in [0.717, 1.165) is 0 Å². The van der Waals surface area contributed by atoms with Crippen LogP contribution in [-0.2, 0) is 14.4 Å². The number of carbonyl (C=O) groups is 3. The van der Waals surface area contributed by atoms with E-state index in [9.17, 15) is 14.4 Å². The molecular formula is C13H21N3O4. The molecule has 0 aromatic heterocycles. The van der Waals surface area contributed by atoms with Gasteiger partial charge in [-0.15, -0.1) is 0 Å². The molecule has 0 radical (unpaired) electrons. The normalized spacial score (nSPS) is 19.8. The number of hydrogen-bond donors (Lipinski definition) is 4. The lowest BCUT2D eigenvalue weighted by Crippen LogP contribution is -2.76. The van der Waals surface area contributed by atoms with Gasteiger partial charge in [-0.05, 0) is 25.3 Å². The second-order valence-corrected chi connectivity index (χ2v) is 5.20. The van der Waals surface area contributed by atoms with Crippen molar-refractivity contribution in [2.45, 2.75) is 50.7 Å². The van der Waals surface area contributed by atoms with Crippen molar-refractivity contribution in [1.82, 2.24) is 0 Å². The zero-order valence-corrected chi connectivity index (χ0v) is 11.7. The van der Waals surface area contributed by atoms with Gasteiger partial charge in [0, 0.05) is 12.8 Å². The molecule has 0 aromatic rings. The van der Waals surface area contributed by atoms with Crippen LogP contribution in [0, 0.1) is 0 Å². The van der Waals surface area contributed by atoms with E-state index >= 15 is 0 Å². The molecular weight excluding hydrogens is 262 g/mol. The van der Waals surface area contributed by atoms with Gasteiger partial charge in [-0.1, -0.05) is 6.92 Å². The van der Waals surface area contributed by atoms with E-state index in [2.05, 4.69) is 0 Å². The Morgan fingerprint density at radius 2 is 1.65 bits per heavy atom. The summed E-state index contributed by atoms with van der Waals surface area (Å²) in [7, 11) is 0. The maximum absolute atomic E-state index is 11.9. The molecule has 0 heterocycles. The number of aliphatic carboxylic acids is 1. The fourth-order valence-corrected chi connectivity index (χ4v) is 2.52. The van der Waals surface area contributed by atoms with Gasteiger partial charge in [-0.25, -0.2) is 4.79 Å². The Morgan fingerprint density at radius 1 is 1.20 bits per heavy atom. The number of Topliss-reactive ketones (excluding diaryl/α,β-unsaturated/α-hetero) is 2. The lowest BCUT2D eigenvalue weighted by molar-refractivity contribution is -0.145. The zero-order valence-electron chi connectivity index (χ0n) is 11.7. The van der Waals surface area contributed by atoms with Crippen LogP contribution in [0.4, 0.5) is 0 Å². The van der Waals surface area contributed by atoms with E-state index in [1.54, 1.807) is 6.92 Å². The maximum atomic E-state index is 11.9. The van der Waals surface area contributed by atoms with Gasteiger partial charge in [0.15, 0.2) is 17.2 Å². The molecule has 1 rings (SSSR count). The summed E-state index contributed by atoms with van der Waals surface area (Å²) < 4.78 is 0. The van der Waals surface area contributed by atoms with Crippen LogP contribution in [-0.4, -0.2) is 33.8 Å². The van der Waals surface area contributed by atoms with Crippen molar-refractivity contribution in [3.05, 3.63) is 11.1 Å². The number of nitrogens with two attached hydrogens (primary N) is 3. The molecule has 0 bridgehead atoms. The Hall–Kier alpha value is -1.57. The molecule has 1 fully saturated rings. The SMILES string of the molecule is CCC(N)(C(C)=C1C(=O)CCCC1=O)C(N)(N)C(=O)O. The maximum Gasteiger partial charge on any atom is 0.340 e. The van der Waals surface area contributed by atoms with Gasteiger partial charge in [-0.3, -0.25) is 9.59 Å². The monoisotopic (exact) mass is 283 g/mol. The number of carboxylic acid groups (broad SMARTS) is 1. The number of ketones is 2. The summed E-state index contributed by atoms with van der Waals surface area (Å²) in [4.78, 5) is 35.1. The second kappa shape index (κ2) is 5.43. The molecule has 7 N–H and O–H groups in total. The zero-order chi connectivity index (χ0) is 15.7. The molecule has 0 aliphatic heterocycles. The van der Waals surface area contributed by atoms with E-state index in [1.165, 1.54) is 6.92 Å². The summed E-state index contributed by atoms with van der Waals surface area (Å²) in [5.74, 6) is -2.15. The summed E-state index contributed by atoms with van der Waals surface area (Å²) in [5, 5.41) is 9.16. The quantitative estimate of drug-likeness (QED) is 0.306. The Bertz CT molecular complexity index is 478. The first-order valence-corrected chi connectivity index (χ1v) is 6.47. The van der Waals surface area contributed by atoms with E-state index in [1.807, 2.05) is 0 Å². The van der Waals surface area contributed by atoms with Gasteiger partial charge >= 0.3 is 5.97 Å². The fraction of sp³-hybridized carbons (Fsp3) is 0.615. The fourth-order valence-electron chi connectivity index (χ4n) is 2.52. The van der Waals surface area contributed by atoms with Crippen LogP contribution in [0.15, 0.2) is 11.1 Å². The Balaban J connectivity index is 3.47. The van der Waals surface area contributed by atoms with Crippen LogP contribution in [0.25, 0.3) is 0 Å². The third kappa shape index (κ3) is 2.39. The van der Waals surface area contributed by atoms with Gasteiger partial charge in [0.25, 0.3) is 0 Å². The highest BCUT2D eigenvalue weighted by Gasteiger charge is 2.51. The number of hydrogen-bond acceptors (Lipinski definition) is 6. The first-order valence-electron chi connectivity index (χ1n) is 6.47. The van der Waals surface area contributed by atoms with Crippen molar-refractivity contribution in [1.29, 1.82) is 0 Å². The second-order valence-electron chi connectivity index (χ2n) is 5.20. The molecule has 112 valence electrons. The molecule has 7 nitrogen and oxygen atoms in total. The van der Waals surface area contributed by atoms with E-state index < -0.39 is 17.2 Å². The van der Waals surface area contributed by atoms with Crippen molar-refractivity contribution >= 4 is 17.5 Å². The van der Waals surface area contributed by atoms with Gasteiger partial charge < -0.3 is 22.3 Å². The highest BCUT2D eigenvalue weighted by atomic mass is 16.4. The van der Waals surface area contributed by atoms with Gasteiger partial charge in [0.1, 0.15) is 0 Å². The minimum Gasteiger partial charge on any atom is -0.479 e. The molecule has 0 amide bonds. The van der Waals surface area contributed by atoms with Crippen LogP contribution in [0.5, 0.6) is 0 Å². The molecule has 0 spiro atoms. The van der Waals surface area contributed by atoms with E-state index in [-0.39, 0.29) is 42.0 Å². The minimum atomic E-state index is -2.27. The molecule has 1 saturated carbocycles. The number of carboxylic acids is 1. The predicted octanol–water partition coefficient (Wildman–Crippen LogP) is -0.569. The molecule has 1 aliphatic rings. The van der Waals surface area contributed by atoms with Crippen LogP contribution >= 0.6 is 0 Å². The third-order valence-corrected chi connectivity index (χ3v) is 4.06. The van der Waals surface area contributed by atoms with Crippen molar-refractivity contribution in [2.75, 3.05) is 0 Å². The molecule has 0 aromatic carbocycles. The first-order chi connectivity index (χ1) is 9.09. The average molecular weight is 283 g/mol. The standard InChI is InChI=1S/C13H21N3O4/c1-3-12(14,13(15,16)11(19)20)7(2)10-8(17)5-4-6-9(10)18/h3-6,14-16H2,1-2H3,(H,19,20). The van der Waals surface area contributed by atoms with Gasteiger partial charge in [-0.2, -0.15) is 0 Å². The molecule has 1 atom stereocenters. The third-order valence-electron chi connectivity index (χ3n) is 4.06. The van der Waals surface area contributed by atoms with Crippen molar-refractivity contribution in [3.63, 3.8) is 0 Å². The van der Waals surface area contributed by atoms with Crippen LogP contribution in [0.3, 0.4) is 0 Å². The summed E-state index contributed by atoms with van der Waals surface area (Å²) >= 11 is 0. The molecule has 1 aliphatic carbocycles. The Kier molecular flexibility index (Phi) is 4.48. The lowest BCUT2D eigenvalue weighted by Gasteiger charge is -2.41. The van der Waals surface area contributed by atoms with Crippen molar-refractivity contribution < 1.29 is 19.5 Å². The summed E-state index contributed by atoms with van der Waals surface area (Å²) in [5.41, 5.74) is 13.5. The largest absolute Gasteiger partial charge is 0.479 e. The summed E-state index contributed by atoms with van der Waals surface area (Å²) in [6, 6.07) is 0. The number of carbonyl (C=O) groups excluding carboxylic acids is 2. The first kappa shape index (κ1) is 16.5. The molecule has 0 saturated heterocycles. The molecule has 7 heteroatoms.